The molecule has 2 aliphatic heterocycles. The SMILES string of the molecule is CCCNC(c1ccco1)C1CC2CCC1O2. The van der Waals surface area contributed by atoms with Gasteiger partial charge in [0.1, 0.15) is 5.76 Å². The molecule has 3 rings (SSSR count). The van der Waals surface area contributed by atoms with Gasteiger partial charge in [-0.2, -0.15) is 0 Å². The topological polar surface area (TPSA) is 34.4 Å². The van der Waals surface area contributed by atoms with Gasteiger partial charge in [-0.15, -0.1) is 0 Å². The fourth-order valence-corrected chi connectivity index (χ4v) is 3.26. The summed E-state index contributed by atoms with van der Waals surface area (Å²) in [6, 6.07) is 4.39. The van der Waals surface area contributed by atoms with Gasteiger partial charge in [-0.25, -0.2) is 0 Å². The van der Waals surface area contributed by atoms with Crippen molar-refractivity contribution in [2.45, 2.75) is 50.9 Å². The van der Waals surface area contributed by atoms with Crippen LogP contribution in [0.1, 0.15) is 44.4 Å². The molecule has 0 amide bonds. The minimum absolute atomic E-state index is 0.334. The van der Waals surface area contributed by atoms with Gasteiger partial charge in [0.25, 0.3) is 0 Å². The van der Waals surface area contributed by atoms with Crippen LogP contribution in [0.5, 0.6) is 0 Å². The van der Waals surface area contributed by atoms with Crippen LogP contribution in [0.2, 0.25) is 0 Å². The molecule has 3 heteroatoms. The second-order valence-corrected chi connectivity index (χ2v) is 5.22. The molecule has 2 bridgehead atoms. The maximum atomic E-state index is 5.96. The van der Waals surface area contributed by atoms with E-state index in [1.165, 1.54) is 19.3 Å². The monoisotopic (exact) mass is 235 g/mol. The molecule has 2 aliphatic rings. The van der Waals surface area contributed by atoms with Gasteiger partial charge in [-0.1, -0.05) is 6.92 Å². The average Bonchev–Trinajstić information content (AvgIpc) is 3.06. The highest BCUT2D eigenvalue weighted by Crippen LogP contribution is 2.44. The highest BCUT2D eigenvalue weighted by atomic mass is 16.5. The summed E-state index contributed by atoms with van der Waals surface area (Å²) in [5, 5.41) is 3.62. The van der Waals surface area contributed by atoms with Crippen LogP contribution >= 0.6 is 0 Å². The molecule has 1 aromatic rings. The minimum Gasteiger partial charge on any atom is -0.468 e. The lowest BCUT2D eigenvalue weighted by molar-refractivity contribution is 0.0837. The summed E-state index contributed by atoms with van der Waals surface area (Å²) in [5.41, 5.74) is 0. The van der Waals surface area contributed by atoms with Gasteiger partial charge < -0.3 is 14.5 Å². The maximum Gasteiger partial charge on any atom is 0.121 e. The van der Waals surface area contributed by atoms with Crippen LogP contribution in [0.4, 0.5) is 0 Å². The van der Waals surface area contributed by atoms with Gasteiger partial charge in [-0.05, 0) is 44.4 Å². The molecular weight excluding hydrogens is 214 g/mol. The zero-order valence-electron chi connectivity index (χ0n) is 10.4. The van der Waals surface area contributed by atoms with E-state index in [-0.39, 0.29) is 0 Å². The van der Waals surface area contributed by atoms with Crippen molar-refractivity contribution in [3.8, 4) is 0 Å². The van der Waals surface area contributed by atoms with Crippen molar-refractivity contribution in [2.75, 3.05) is 6.54 Å². The molecule has 0 spiro atoms. The van der Waals surface area contributed by atoms with E-state index in [9.17, 15) is 0 Å². The molecule has 4 unspecified atom stereocenters. The van der Waals surface area contributed by atoms with Gasteiger partial charge in [0, 0.05) is 5.92 Å². The first-order valence-electron chi connectivity index (χ1n) is 6.80. The van der Waals surface area contributed by atoms with Crippen LogP contribution < -0.4 is 5.32 Å². The fourth-order valence-electron chi connectivity index (χ4n) is 3.26. The van der Waals surface area contributed by atoms with E-state index in [0.717, 1.165) is 18.7 Å². The largest absolute Gasteiger partial charge is 0.468 e. The molecule has 3 nitrogen and oxygen atoms in total. The number of hydrogen-bond donors (Lipinski definition) is 1. The van der Waals surface area contributed by atoms with Crippen LogP contribution in [0.3, 0.4) is 0 Å². The summed E-state index contributed by atoms with van der Waals surface area (Å²) in [5.74, 6) is 1.66. The molecule has 1 N–H and O–H groups in total. The Kier molecular flexibility index (Phi) is 3.21. The number of ether oxygens (including phenoxy) is 1. The standard InChI is InChI=1S/C14H21NO2/c1-2-7-15-14(13-4-3-8-16-13)11-9-10-5-6-12(11)17-10/h3-4,8,10-12,14-15H,2,5-7,9H2,1H3. The highest BCUT2D eigenvalue weighted by molar-refractivity contribution is 5.09. The Bertz CT molecular complexity index is 349. The summed E-state index contributed by atoms with van der Waals surface area (Å²) in [6.45, 7) is 3.24. The van der Waals surface area contributed by atoms with E-state index in [0.29, 0.717) is 24.2 Å². The summed E-state index contributed by atoms with van der Waals surface area (Å²) in [4.78, 5) is 0. The van der Waals surface area contributed by atoms with Crippen molar-refractivity contribution in [3.63, 3.8) is 0 Å². The Morgan fingerprint density at radius 1 is 1.47 bits per heavy atom. The lowest BCUT2D eigenvalue weighted by Crippen LogP contribution is -2.34. The fraction of sp³-hybridized carbons (Fsp3) is 0.714. The first kappa shape index (κ1) is 11.3. The number of fused-ring (bicyclic) bond motifs is 2. The first-order chi connectivity index (χ1) is 8.38. The second-order valence-electron chi connectivity index (χ2n) is 5.22. The number of hydrogen-bond acceptors (Lipinski definition) is 3. The molecule has 17 heavy (non-hydrogen) atoms. The van der Waals surface area contributed by atoms with Crippen molar-refractivity contribution < 1.29 is 9.15 Å². The summed E-state index contributed by atoms with van der Waals surface area (Å²) < 4.78 is 11.6. The molecule has 2 saturated heterocycles. The van der Waals surface area contributed by atoms with Gasteiger partial charge in [0.2, 0.25) is 0 Å². The third-order valence-electron chi connectivity index (χ3n) is 4.05. The van der Waals surface area contributed by atoms with Gasteiger partial charge in [-0.3, -0.25) is 0 Å². The normalized spacial score (nSPS) is 33.1. The number of furan rings is 1. The molecule has 94 valence electrons. The predicted octanol–water partition coefficient (Wildman–Crippen LogP) is 2.89. The Labute approximate surface area is 103 Å². The quantitative estimate of drug-likeness (QED) is 0.852. The average molecular weight is 235 g/mol. The molecule has 0 aromatic carbocycles. The smallest absolute Gasteiger partial charge is 0.121 e. The van der Waals surface area contributed by atoms with Crippen molar-refractivity contribution in [1.82, 2.24) is 5.32 Å². The molecule has 0 radical (unpaired) electrons. The lowest BCUT2D eigenvalue weighted by atomic mass is 9.83. The molecule has 4 atom stereocenters. The van der Waals surface area contributed by atoms with Crippen LogP contribution in [-0.4, -0.2) is 18.8 Å². The van der Waals surface area contributed by atoms with E-state index < -0.39 is 0 Å². The van der Waals surface area contributed by atoms with E-state index in [1.807, 2.05) is 6.07 Å². The van der Waals surface area contributed by atoms with E-state index >= 15 is 0 Å². The lowest BCUT2D eigenvalue weighted by Gasteiger charge is -2.27. The van der Waals surface area contributed by atoms with Crippen LogP contribution in [0.15, 0.2) is 22.8 Å². The van der Waals surface area contributed by atoms with E-state index in [4.69, 9.17) is 9.15 Å². The number of nitrogens with one attached hydrogen (secondary N) is 1. The highest BCUT2D eigenvalue weighted by Gasteiger charge is 2.45. The second kappa shape index (κ2) is 4.83. The third-order valence-corrected chi connectivity index (χ3v) is 4.05. The summed E-state index contributed by atoms with van der Waals surface area (Å²) >= 11 is 0. The predicted molar refractivity (Wildman–Crippen MR) is 65.7 cm³/mol. The van der Waals surface area contributed by atoms with Gasteiger partial charge >= 0.3 is 0 Å². The van der Waals surface area contributed by atoms with Crippen LogP contribution in [-0.2, 0) is 4.74 Å². The van der Waals surface area contributed by atoms with E-state index in [1.54, 1.807) is 6.26 Å². The van der Waals surface area contributed by atoms with Crippen LogP contribution in [0, 0.1) is 5.92 Å². The Morgan fingerprint density at radius 2 is 2.41 bits per heavy atom. The van der Waals surface area contributed by atoms with Crippen molar-refractivity contribution >= 4 is 0 Å². The zero-order chi connectivity index (χ0) is 11.7. The zero-order valence-corrected chi connectivity index (χ0v) is 10.4. The van der Waals surface area contributed by atoms with Crippen LogP contribution in [0.25, 0.3) is 0 Å². The maximum absolute atomic E-state index is 5.96. The van der Waals surface area contributed by atoms with E-state index in [2.05, 4.69) is 18.3 Å². The third kappa shape index (κ3) is 2.14. The molecule has 1 aromatic heterocycles. The minimum atomic E-state index is 0.334. The first-order valence-corrected chi connectivity index (χ1v) is 6.80. The Hall–Kier alpha value is -0.800. The molecule has 3 heterocycles. The Morgan fingerprint density at radius 3 is 3.00 bits per heavy atom. The summed E-state index contributed by atoms with van der Waals surface area (Å²) in [6.07, 6.45) is 7.53. The summed E-state index contributed by atoms with van der Waals surface area (Å²) in [7, 11) is 0. The Balaban J connectivity index is 1.74. The van der Waals surface area contributed by atoms with Crippen molar-refractivity contribution in [1.29, 1.82) is 0 Å². The molecule has 0 saturated carbocycles. The van der Waals surface area contributed by atoms with Gasteiger partial charge in [0.05, 0.1) is 24.5 Å². The molecule has 0 aliphatic carbocycles. The number of rotatable bonds is 5. The van der Waals surface area contributed by atoms with Gasteiger partial charge in [0.15, 0.2) is 0 Å². The molecule has 2 fully saturated rings. The van der Waals surface area contributed by atoms with Crippen molar-refractivity contribution in [2.24, 2.45) is 5.92 Å². The molecular formula is C14H21NO2. The van der Waals surface area contributed by atoms with Crippen molar-refractivity contribution in [3.05, 3.63) is 24.2 Å².